The number of nitrogens with one attached hydrogen (secondary N) is 2. The number of amides is 1. The molecule has 1 atom stereocenters. The van der Waals surface area contributed by atoms with E-state index in [2.05, 4.69) is 15.3 Å². The number of likely N-dealkylation sites (N-methyl/N-ethyl adjacent to an activating group) is 1. The smallest absolute Gasteiger partial charge is 0.430 e. The van der Waals surface area contributed by atoms with Gasteiger partial charge in [-0.05, 0) is 50.0 Å². The van der Waals surface area contributed by atoms with E-state index >= 15 is 4.39 Å². The van der Waals surface area contributed by atoms with Gasteiger partial charge in [-0.3, -0.25) is 4.79 Å². The quantitative estimate of drug-likeness (QED) is 0.273. The number of benzene rings is 2. The summed E-state index contributed by atoms with van der Waals surface area (Å²) >= 11 is 0. The van der Waals surface area contributed by atoms with E-state index in [0.717, 1.165) is 5.39 Å². The minimum atomic E-state index is -5.19. The Morgan fingerprint density at radius 3 is 2.18 bits per heavy atom. The van der Waals surface area contributed by atoms with E-state index in [1.165, 1.54) is 6.07 Å². The number of carbonyl (C=O) groups excluding carboxylic acids is 3. The number of carbonyl (C=O) groups is 3. The topological polar surface area (TPSA) is 169 Å². The van der Waals surface area contributed by atoms with E-state index in [4.69, 9.17) is 34.0 Å². The molecular formula is C30H25F7N4O8-2. The molecule has 1 aliphatic heterocycles. The van der Waals surface area contributed by atoms with Crippen molar-refractivity contribution < 1.29 is 69.5 Å². The van der Waals surface area contributed by atoms with Crippen LogP contribution in [0.25, 0.3) is 22.2 Å². The Morgan fingerprint density at radius 2 is 1.59 bits per heavy atom. The van der Waals surface area contributed by atoms with Crippen molar-refractivity contribution in [3.63, 3.8) is 0 Å². The fourth-order valence-corrected chi connectivity index (χ4v) is 3.87. The molecule has 4 aromatic rings. The first kappa shape index (κ1) is 37.9. The normalized spacial score (nSPS) is 13.8. The number of carboxylic acid groups (broad SMARTS) is 2. The lowest BCUT2D eigenvalue weighted by atomic mass is 10.0. The molecule has 264 valence electrons. The summed E-state index contributed by atoms with van der Waals surface area (Å²) < 4.78 is 95.9. The second-order valence-corrected chi connectivity index (χ2v) is 10.0. The maximum atomic E-state index is 15.4. The van der Waals surface area contributed by atoms with Crippen LogP contribution in [-0.4, -0.2) is 85.0 Å². The molecule has 0 fully saturated rings. The Hall–Kier alpha value is -5.59. The van der Waals surface area contributed by atoms with Crippen molar-refractivity contribution in [3.05, 3.63) is 66.7 Å². The molecule has 0 aliphatic carbocycles. The molecule has 5 rings (SSSR count). The molecule has 3 heterocycles. The summed E-state index contributed by atoms with van der Waals surface area (Å²) in [5, 5.41) is 21.1. The summed E-state index contributed by atoms with van der Waals surface area (Å²) in [5.41, 5.74) is 1.90. The zero-order valence-electron chi connectivity index (χ0n) is 25.3. The highest BCUT2D eigenvalue weighted by atomic mass is 19.4. The van der Waals surface area contributed by atoms with Gasteiger partial charge in [-0.25, -0.2) is 9.37 Å². The summed E-state index contributed by atoms with van der Waals surface area (Å²) in [7, 11) is 3.86. The molecule has 0 radical (unpaired) electrons. The Morgan fingerprint density at radius 1 is 0.980 bits per heavy atom. The standard InChI is InChI=1S/C26H25FN4O4.2C2HF3O2/c1-31(2)11-12-33-23-13-18(16-7-9-28-25-17(16)8-10-29-25)19(27)14-20(23)30-26(32)24-15-34-21-5-3-4-6-22(21)35-24;2*3-2(4,5)1(6)7/h3-10,13-14,24H,11-12,15H2,1-2H3,(H,28,29)(H,30,32);2*(H,6,7)/p-2. The van der Waals surface area contributed by atoms with Crippen LogP contribution >= 0.6 is 0 Å². The number of hydrogen-bond donors (Lipinski definition) is 2. The fourth-order valence-electron chi connectivity index (χ4n) is 3.87. The number of alkyl halides is 6. The van der Waals surface area contributed by atoms with Crippen molar-refractivity contribution in [2.45, 2.75) is 18.5 Å². The Balaban J connectivity index is 0.000000392. The van der Waals surface area contributed by atoms with Crippen molar-refractivity contribution in [1.82, 2.24) is 14.9 Å². The van der Waals surface area contributed by atoms with Crippen molar-refractivity contribution in [1.29, 1.82) is 0 Å². The minimum Gasteiger partial charge on any atom is -0.542 e. The van der Waals surface area contributed by atoms with Crippen LogP contribution in [-0.2, 0) is 14.4 Å². The fraction of sp³-hybridized carbons (Fsp3) is 0.267. The zero-order valence-corrected chi connectivity index (χ0v) is 25.3. The summed E-state index contributed by atoms with van der Waals surface area (Å²) in [5.74, 6) is -5.56. The highest BCUT2D eigenvalue weighted by Crippen LogP contribution is 2.37. The highest BCUT2D eigenvalue weighted by molar-refractivity contribution is 5.98. The van der Waals surface area contributed by atoms with Gasteiger partial charge in [0.25, 0.3) is 5.91 Å². The Labute approximate surface area is 272 Å². The third kappa shape index (κ3) is 10.7. The van der Waals surface area contributed by atoms with Gasteiger partial charge in [-0.15, -0.1) is 0 Å². The summed E-state index contributed by atoms with van der Waals surface area (Å²) in [6.07, 6.45) is -7.90. The molecule has 0 saturated heterocycles. The highest BCUT2D eigenvalue weighted by Gasteiger charge is 2.30. The number of carboxylic acids is 2. The molecule has 12 nitrogen and oxygen atoms in total. The Kier molecular flexibility index (Phi) is 12.4. The lowest BCUT2D eigenvalue weighted by Gasteiger charge is -2.26. The third-order valence-corrected chi connectivity index (χ3v) is 6.14. The van der Waals surface area contributed by atoms with Crippen LogP contribution in [0, 0.1) is 5.82 Å². The molecule has 49 heavy (non-hydrogen) atoms. The van der Waals surface area contributed by atoms with Gasteiger partial charge in [-0.1, -0.05) is 12.1 Å². The number of aliphatic carboxylic acids is 2. The molecule has 1 unspecified atom stereocenters. The number of fused-ring (bicyclic) bond motifs is 2. The number of H-pyrrole nitrogens is 1. The second-order valence-electron chi connectivity index (χ2n) is 10.0. The first-order chi connectivity index (χ1) is 22.9. The molecule has 19 heteroatoms. The first-order valence-electron chi connectivity index (χ1n) is 13.7. The number of ether oxygens (including phenoxy) is 3. The number of pyridine rings is 1. The first-order valence-corrected chi connectivity index (χ1v) is 13.7. The number of halogens is 7. The largest absolute Gasteiger partial charge is 0.542 e. The minimum absolute atomic E-state index is 0.0444. The lowest BCUT2D eigenvalue weighted by Crippen LogP contribution is -2.40. The van der Waals surface area contributed by atoms with Gasteiger partial charge in [-0.2, -0.15) is 26.3 Å². The number of anilines is 1. The average molecular weight is 703 g/mol. The van der Waals surface area contributed by atoms with Crippen molar-refractivity contribution >= 4 is 34.6 Å². The Bertz CT molecular complexity index is 1750. The predicted octanol–water partition coefficient (Wildman–Crippen LogP) is 2.69. The molecule has 2 aromatic carbocycles. The van der Waals surface area contributed by atoms with Gasteiger partial charge in [0.2, 0.25) is 6.10 Å². The van der Waals surface area contributed by atoms with Crippen molar-refractivity contribution in [3.8, 4) is 28.4 Å². The molecule has 2 aromatic heterocycles. The van der Waals surface area contributed by atoms with Gasteiger partial charge < -0.3 is 49.2 Å². The summed E-state index contributed by atoms with van der Waals surface area (Å²) in [6.45, 7) is 1.05. The van der Waals surface area contributed by atoms with E-state index in [1.54, 1.807) is 42.7 Å². The predicted molar refractivity (Wildman–Crippen MR) is 153 cm³/mol. The molecule has 0 spiro atoms. The monoisotopic (exact) mass is 702 g/mol. The summed E-state index contributed by atoms with van der Waals surface area (Å²) in [4.78, 5) is 39.9. The number of rotatable bonds is 7. The number of nitrogens with zero attached hydrogens (tertiary/aromatic N) is 2. The molecule has 0 saturated carbocycles. The van der Waals surface area contributed by atoms with Gasteiger partial charge in [0.05, 0.1) is 5.69 Å². The van der Waals surface area contributed by atoms with Crippen LogP contribution in [0.3, 0.4) is 0 Å². The van der Waals surface area contributed by atoms with E-state index in [0.29, 0.717) is 47.2 Å². The SMILES string of the molecule is CN(C)CCOc1cc(-c2ccnc3[nH]ccc23)c(F)cc1NC(=O)C1COc2ccccc2O1.O=C([O-])C(F)(F)F.O=C([O-])C(F)(F)F. The van der Waals surface area contributed by atoms with Crippen LogP contribution in [0.15, 0.2) is 60.9 Å². The average Bonchev–Trinajstić information content (AvgIpc) is 3.51. The lowest BCUT2D eigenvalue weighted by molar-refractivity contribution is -0.344. The molecular weight excluding hydrogens is 677 g/mol. The number of hydrogen-bond acceptors (Lipinski definition) is 10. The number of aromatic nitrogens is 2. The van der Waals surface area contributed by atoms with Gasteiger partial charge >= 0.3 is 12.4 Å². The molecule has 2 N–H and O–H groups in total. The molecule has 1 aliphatic rings. The second kappa shape index (κ2) is 16.0. The third-order valence-electron chi connectivity index (χ3n) is 6.14. The van der Waals surface area contributed by atoms with Crippen LogP contribution in [0.1, 0.15) is 0 Å². The van der Waals surface area contributed by atoms with E-state index in [9.17, 15) is 31.1 Å². The molecule has 0 bridgehead atoms. The van der Waals surface area contributed by atoms with Crippen molar-refractivity contribution in [2.24, 2.45) is 0 Å². The number of para-hydroxylation sites is 2. The van der Waals surface area contributed by atoms with Gasteiger partial charge in [0.1, 0.15) is 42.4 Å². The van der Waals surface area contributed by atoms with E-state index in [-0.39, 0.29) is 12.3 Å². The maximum Gasteiger partial charge on any atom is 0.430 e. The van der Waals surface area contributed by atoms with E-state index < -0.39 is 42.1 Å². The van der Waals surface area contributed by atoms with Crippen LogP contribution < -0.4 is 29.7 Å². The van der Waals surface area contributed by atoms with Crippen LogP contribution in [0.2, 0.25) is 0 Å². The van der Waals surface area contributed by atoms with Crippen LogP contribution in [0.5, 0.6) is 17.2 Å². The van der Waals surface area contributed by atoms with Crippen molar-refractivity contribution in [2.75, 3.05) is 39.2 Å². The maximum absolute atomic E-state index is 15.4. The van der Waals surface area contributed by atoms with E-state index in [1.807, 2.05) is 31.1 Å². The van der Waals surface area contributed by atoms with Gasteiger partial charge in [0.15, 0.2) is 11.5 Å². The summed E-state index contributed by atoms with van der Waals surface area (Å²) in [6, 6.07) is 13.6. The van der Waals surface area contributed by atoms with Crippen LogP contribution in [0.4, 0.5) is 36.4 Å². The number of aromatic amines is 1. The molecule has 1 amide bonds. The zero-order chi connectivity index (χ0) is 36.5. The van der Waals surface area contributed by atoms with Gasteiger partial charge in [0, 0.05) is 36.0 Å².